The Kier molecular flexibility index (Phi) is 8.34. The van der Waals surface area contributed by atoms with Gasteiger partial charge in [0, 0.05) is 24.5 Å². The zero-order valence-corrected chi connectivity index (χ0v) is 18.5. The number of anilines is 1. The molecule has 0 fully saturated rings. The van der Waals surface area contributed by atoms with Crippen LogP contribution in [0.5, 0.6) is 5.75 Å². The molecule has 0 radical (unpaired) electrons. The minimum absolute atomic E-state index is 0.108. The molecule has 8 heteroatoms. The van der Waals surface area contributed by atoms with Crippen LogP contribution in [0.2, 0.25) is 5.02 Å². The molecule has 0 aliphatic heterocycles. The number of carbonyl (C=O) groups excluding carboxylic acids is 1. The van der Waals surface area contributed by atoms with E-state index in [-0.39, 0.29) is 18.9 Å². The van der Waals surface area contributed by atoms with E-state index in [2.05, 4.69) is 5.32 Å². The SMILES string of the molecule is COc1ccc(C)cc1N(CCCC(=O)NCCc1ccc(Cl)cc1)S(C)(=O)=O. The van der Waals surface area contributed by atoms with Crippen molar-refractivity contribution in [1.82, 2.24) is 5.32 Å². The lowest BCUT2D eigenvalue weighted by Crippen LogP contribution is -2.32. The van der Waals surface area contributed by atoms with Crippen molar-refractivity contribution in [2.24, 2.45) is 0 Å². The fourth-order valence-corrected chi connectivity index (χ4v) is 4.02. The molecule has 2 aromatic rings. The molecule has 2 aromatic carbocycles. The van der Waals surface area contributed by atoms with Crippen molar-refractivity contribution in [3.05, 3.63) is 58.6 Å². The summed E-state index contributed by atoms with van der Waals surface area (Å²) < 4.78 is 31.2. The smallest absolute Gasteiger partial charge is 0.232 e. The zero-order chi connectivity index (χ0) is 21.4. The molecule has 0 bridgehead atoms. The summed E-state index contributed by atoms with van der Waals surface area (Å²) in [6.07, 6.45) is 2.50. The molecule has 29 heavy (non-hydrogen) atoms. The first kappa shape index (κ1) is 23.0. The van der Waals surface area contributed by atoms with Gasteiger partial charge in [0.2, 0.25) is 15.9 Å². The predicted molar refractivity (Wildman–Crippen MR) is 117 cm³/mol. The summed E-state index contributed by atoms with van der Waals surface area (Å²) in [5.41, 5.74) is 2.50. The molecule has 0 saturated heterocycles. The number of benzene rings is 2. The van der Waals surface area contributed by atoms with E-state index in [1.807, 2.05) is 37.3 Å². The minimum atomic E-state index is -3.51. The Balaban J connectivity index is 1.89. The molecule has 0 atom stereocenters. The fraction of sp³-hybridized carbons (Fsp3) is 0.381. The first-order valence-electron chi connectivity index (χ1n) is 9.34. The van der Waals surface area contributed by atoms with Crippen molar-refractivity contribution in [1.29, 1.82) is 0 Å². The quantitative estimate of drug-likeness (QED) is 0.615. The maximum atomic E-state index is 12.3. The molecule has 2 rings (SSSR count). The van der Waals surface area contributed by atoms with Crippen LogP contribution in [0.15, 0.2) is 42.5 Å². The second kappa shape index (κ2) is 10.5. The average molecular weight is 439 g/mol. The van der Waals surface area contributed by atoms with Crippen molar-refractivity contribution >= 4 is 33.2 Å². The second-order valence-electron chi connectivity index (χ2n) is 6.84. The number of aryl methyl sites for hydroxylation is 1. The molecular formula is C21H27ClN2O4S. The van der Waals surface area contributed by atoms with Crippen LogP contribution in [0.3, 0.4) is 0 Å². The van der Waals surface area contributed by atoms with Gasteiger partial charge in [0.25, 0.3) is 0 Å². The number of nitrogens with zero attached hydrogens (tertiary/aromatic N) is 1. The number of ether oxygens (including phenoxy) is 1. The lowest BCUT2D eigenvalue weighted by molar-refractivity contribution is -0.121. The molecule has 0 spiro atoms. The summed E-state index contributed by atoms with van der Waals surface area (Å²) in [6.45, 7) is 2.60. The zero-order valence-electron chi connectivity index (χ0n) is 16.9. The van der Waals surface area contributed by atoms with Crippen LogP contribution >= 0.6 is 11.6 Å². The number of sulfonamides is 1. The lowest BCUT2D eigenvalue weighted by Gasteiger charge is -2.24. The van der Waals surface area contributed by atoms with Gasteiger partial charge >= 0.3 is 0 Å². The van der Waals surface area contributed by atoms with Crippen LogP contribution in [0, 0.1) is 6.92 Å². The number of rotatable bonds is 10. The van der Waals surface area contributed by atoms with E-state index in [1.165, 1.54) is 11.4 Å². The first-order chi connectivity index (χ1) is 13.7. The third-order valence-electron chi connectivity index (χ3n) is 4.42. The van der Waals surface area contributed by atoms with Crippen LogP contribution in [-0.2, 0) is 21.2 Å². The van der Waals surface area contributed by atoms with Crippen molar-refractivity contribution in [2.45, 2.75) is 26.2 Å². The number of hydrogen-bond acceptors (Lipinski definition) is 4. The van der Waals surface area contributed by atoms with Gasteiger partial charge in [-0.15, -0.1) is 0 Å². The molecule has 0 aromatic heterocycles. The van der Waals surface area contributed by atoms with E-state index in [0.29, 0.717) is 35.8 Å². The van der Waals surface area contributed by atoms with E-state index in [9.17, 15) is 13.2 Å². The van der Waals surface area contributed by atoms with Gasteiger partial charge in [0.1, 0.15) is 5.75 Å². The first-order valence-corrected chi connectivity index (χ1v) is 11.6. The molecule has 0 aliphatic carbocycles. The Morgan fingerprint density at radius 2 is 1.86 bits per heavy atom. The van der Waals surface area contributed by atoms with E-state index >= 15 is 0 Å². The molecular weight excluding hydrogens is 412 g/mol. The highest BCUT2D eigenvalue weighted by Gasteiger charge is 2.21. The second-order valence-corrected chi connectivity index (χ2v) is 9.18. The molecule has 1 amide bonds. The average Bonchev–Trinajstić information content (AvgIpc) is 2.66. The Bertz CT molecular complexity index is 930. The van der Waals surface area contributed by atoms with Gasteiger partial charge in [-0.2, -0.15) is 0 Å². The van der Waals surface area contributed by atoms with E-state index in [4.69, 9.17) is 16.3 Å². The Morgan fingerprint density at radius 3 is 2.48 bits per heavy atom. The van der Waals surface area contributed by atoms with E-state index in [0.717, 1.165) is 17.4 Å². The van der Waals surface area contributed by atoms with E-state index < -0.39 is 10.0 Å². The van der Waals surface area contributed by atoms with Crippen LogP contribution in [0.4, 0.5) is 5.69 Å². The minimum Gasteiger partial charge on any atom is -0.495 e. The van der Waals surface area contributed by atoms with Crippen molar-refractivity contribution in [2.75, 3.05) is 30.8 Å². The Morgan fingerprint density at radius 1 is 1.17 bits per heavy atom. The topological polar surface area (TPSA) is 75.7 Å². The summed E-state index contributed by atoms with van der Waals surface area (Å²) in [6, 6.07) is 12.9. The van der Waals surface area contributed by atoms with Gasteiger partial charge in [-0.3, -0.25) is 9.10 Å². The monoisotopic (exact) mass is 438 g/mol. The summed E-state index contributed by atoms with van der Waals surface area (Å²) in [7, 11) is -2.01. The number of methoxy groups -OCH3 is 1. The normalized spacial score (nSPS) is 11.2. The lowest BCUT2D eigenvalue weighted by atomic mass is 10.1. The highest BCUT2D eigenvalue weighted by molar-refractivity contribution is 7.92. The van der Waals surface area contributed by atoms with Gasteiger partial charge in [0.05, 0.1) is 19.1 Å². The Labute approximate surface area is 177 Å². The summed E-state index contributed by atoms with van der Waals surface area (Å²) in [5, 5.41) is 3.54. The van der Waals surface area contributed by atoms with Crippen molar-refractivity contribution in [3.63, 3.8) is 0 Å². The maximum absolute atomic E-state index is 12.3. The summed E-state index contributed by atoms with van der Waals surface area (Å²) >= 11 is 5.86. The number of amides is 1. The molecule has 0 aliphatic rings. The third-order valence-corrected chi connectivity index (χ3v) is 5.85. The molecule has 0 unspecified atom stereocenters. The highest BCUT2D eigenvalue weighted by atomic mass is 35.5. The van der Waals surface area contributed by atoms with Crippen LogP contribution in [-0.4, -0.2) is 40.8 Å². The van der Waals surface area contributed by atoms with Gasteiger partial charge in [0.15, 0.2) is 0 Å². The van der Waals surface area contributed by atoms with E-state index in [1.54, 1.807) is 12.1 Å². The van der Waals surface area contributed by atoms with Crippen LogP contribution in [0.25, 0.3) is 0 Å². The molecule has 6 nitrogen and oxygen atoms in total. The van der Waals surface area contributed by atoms with Gasteiger partial charge in [-0.25, -0.2) is 8.42 Å². The number of carbonyl (C=O) groups is 1. The van der Waals surface area contributed by atoms with Gasteiger partial charge in [-0.05, 0) is 55.2 Å². The molecule has 1 N–H and O–H groups in total. The summed E-state index contributed by atoms with van der Waals surface area (Å²) in [4.78, 5) is 12.1. The maximum Gasteiger partial charge on any atom is 0.232 e. The number of nitrogens with one attached hydrogen (secondary N) is 1. The highest BCUT2D eigenvalue weighted by Crippen LogP contribution is 2.31. The molecule has 0 heterocycles. The van der Waals surface area contributed by atoms with Crippen LogP contribution in [0.1, 0.15) is 24.0 Å². The third kappa shape index (κ3) is 7.25. The number of hydrogen-bond donors (Lipinski definition) is 1. The molecule has 158 valence electrons. The molecule has 0 saturated carbocycles. The van der Waals surface area contributed by atoms with Gasteiger partial charge in [-0.1, -0.05) is 29.8 Å². The van der Waals surface area contributed by atoms with Gasteiger partial charge < -0.3 is 10.1 Å². The summed E-state index contributed by atoms with van der Waals surface area (Å²) in [5.74, 6) is 0.372. The largest absolute Gasteiger partial charge is 0.495 e. The Hall–Kier alpha value is -2.25. The number of halogens is 1. The van der Waals surface area contributed by atoms with Crippen molar-refractivity contribution < 1.29 is 17.9 Å². The standard InChI is InChI=1S/C21H27ClN2O4S/c1-16-6-11-20(28-2)19(15-16)24(29(3,26)27)14-4-5-21(25)23-13-12-17-7-9-18(22)10-8-17/h6-11,15H,4-5,12-14H2,1-3H3,(H,23,25). The fourth-order valence-electron chi connectivity index (χ4n) is 2.93. The predicted octanol–water partition coefficient (Wildman–Crippen LogP) is 3.56. The van der Waals surface area contributed by atoms with Crippen molar-refractivity contribution in [3.8, 4) is 5.75 Å². The van der Waals surface area contributed by atoms with Crippen LogP contribution < -0.4 is 14.4 Å².